The van der Waals surface area contributed by atoms with Gasteiger partial charge in [-0.2, -0.15) is 0 Å². The number of nitro benzene ring substituents is 1. The number of benzene rings is 2. The molecule has 7 heteroatoms. The molecule has 0 saturated heterocycles. The van der Waals surface area contributed by atoms with Gasteiger partial charge in [0.25, 0.3) is 17.5 Å². The highest BCUT2D eigenvalue weighted by Crippen LogP contribution is 2.16. The molecule has 2 N–H and O–H groups in total. The van der Waals surface area contributed by atoms with Gasteiger partial charge in [-0.1, -0.05) is 30.3 Å². The standard InChI is InChI=1S/C20H21N3O4/c1-20(2,3)22-19(25)17(21-18(24)15-9-5-4-6-10-15)13-14-8-7-11-16(12-14)23(26)27/h4-13H,1-3H3,(H,21,24)(H,22,25)/b17-13+. The first kappa shape index (κ1) is 19.8. The van der Waals surface area contributed by atoms with Crippen molar-refractivity contribution in [3.05, 3.63) is 81.5 Å². The Hall–Kier alpha value is -3.48. The Kier molecular flexibility index (Phi) is 6.07. The topological polar surface area (TPSA) is 101 Å². The van der Waals surface area contributed by atoms with Crippen LogP contribution in [-0.4, -0.2) is 22.3 Å². The Balaban J connectivity index is 2.37. The molecule has 0 saturated carbocycles. The van der Waals surface area contributed by atoms with E-state index >= 15 is 0 Å². The number of amides is 2. The van der Waals surface area contributed by atoms with E-state index in [1.54, 1.807) is 36.4 Å². The van der Waals surface area contributed by atoms with Gasteiger partial charge in [-0.05, 0) is 44.5 Å². The number of non-ortho nitro benzene ring substituents is 1. The zero-order chi connectivity index (χ0) is 20.0. The van der Waals surface area contributed by atoms with E-state index in [2.05, 4.69) is 10.6 Å². The number of carbonyl (C=O) groups excluding carboxylic acids is 2. The van der Waals surface area contributed by atoms with Crippen LogP contribution in [0.4, 0.5) is 5.69 Å². The molecule has 0 aromatic heterocycles. The Morgan fingerprint density at radius 2 is 1.70 bits per heavy atom. The first-order chi connectivity index (χ1) is 12.7. The predicted molar refractivity (Wildman–Crippen MR) is 103 cm³/mol. The van der Waals surface area contributed by atoms with Gasteiger partial charge < -0.3 is 10.6 Å². The average molecular weight is 367 g/mol. The molecule has 27 heavy (non-hydrogen) atoms. The van der Waals surface area contributed by atoms with Crippen molar-refractivity contribution < 1.29 is 14.5 Å². The summed E-state index contributed by atoms with van der Waals surface area (Å²) in [5.74, 6) is -0.936. The number of nitrogens with zero attached hydrogens (tertiary/aromatic N) is 1. The molecule has 2 amide bonds. The zero-order valence-electron chi connectivity index (χ0n) is 15.4. The maximum Gasteiger partial charge on any atom is 0.270 e. The molecule has 7 nitrogen and oxygen atoms in total. The highest BCUT2D eigenvalue weighted by atomic mass is 16.6. The molecular weight excluding hydrogens is 346 g/mol. The molecule has 0 unspecified atom stereocenters. The minimum atomic E-state index is -0.519. The largest absolute Gasteiger partial charge is 0.346 e. The number of rotatable bonds is 5. The molecule has 0 atom stereocenters. The van der Waals surface area contributed by atoms with Gasteiger partial charge in [0.15, 0.2) is 0 Å². The maximum absolute atomic E-state index is 12.6. The summed E-state index contributed by atoms with van der Waals surface area (Å²) in [4.78, 5) is 35.5. The third-order valence-corrected chi connectivity index (χ3v) is 3.41. The van der Waals surface area contributed by atoms with E-state index in [1.807, 2.05) is 20.8 Å². The van der Waals surface area contributed by atoms with Crippen LogP contribution in [-0.2, 0) is 4.79 Å². The van der Waals surface area contributed by atoms with Crippen molar-refractivity contribution in [3.63, 3.8) is 0 Å². The van der Waals surface area contributed by atoms with Crippen molar-refractivity contribution in [2.75, 3.05) is 0 Å². The number of hydrogen-bond donors (Lipinski definition) is 2. The normalized spacial score (nSPS) is 11.6. The van der Waals surface area contributed by atoms with Crippen LogP contribution in [0.15, 0.2) is 60.3 Å². The minimum absolute atomic E-state index is 0.000670. The number of nitro groups is 1. The first-order valence-corrected chi connectivity index (χ1v) is 8.31. The van der Waals surface area contributed by atoms with Gasteiger partial charge >= 0.3 is 0 Å². The average Bonchev–Trinajstić information content (AvgIpc) is 2.60. The molecule has 0 spiro atoms. The molecule has 0 bridgehead atoms. The van der Waals surface area contributed by atoms with Crippen molar-refractivity contribution >= 4 is 23.6 Å². The Morgan fingerprint density at radius 1 is 1.04 bits per heavy atom. The summed E-state index contributed by atoms with van der Waals surface area (Å²) in [5.41, 5.74) is 0.201. The fourth-order valence-electron chi connectivity index (χ4n) is 2.25. The van der Waals surface area contributed by atoms with Crippen molar-refractivity contribution in [2.24, 2.45) is 0 Å². The Bertz CT molecular complexity index is 884. The van der Waals surface area contributed by atoms with E-state index in [0.717, 1.165) is 0 Å². The molecule has 0 heterocycles. The fraction of sp³-hybridized carbons (Fsp3) is 0.200. The molecule has 0 aliphatic carbocycles. The van der Waals surface area contributed by atoms with E-state index in [1.165, 1.54) is 24.3 Å². The van der Waals surface area contributed by atoms with Crippen molar-refractivity contribution in [3.8, 4) is 0 Å². The summed E-state index contributed by atoms with van der Waals surface area (Å²) in [6.45, 7) is 5.44. The minimum Gasteiger partial charge on any atom is -0.346 e. The van der Waals surface area contributed by atoms with Crippen LogP contribution in [0.25, 0.3) is 6.08 Å². The summed E-state index contributed by atoms with van der Waals surface area (Å²) in [5, 5.41) is 16.3. The number of hydrogen-bond acceptors (Lipinski definition) is 4. The van der Waals surface area contributed by atoms with Crippen LogP contribution in [0.5, 0.6) is 0 Å². The molecular formula is C20H21N3O4. The van der Waals surface area contributed by atoms with Crippen molar-refractivity contribution in [2.45, 2.75) is 26.3 Å². The summed E-state index contributed by atoms with van der Waals surface area (Å²) in [7, 11) is 0. The SMILES string of the molecule is CC(C)(C)NC(=O)/C(=C\c1cccc([N+](=O)[O-])c1)NC(=O)c1ccccc1. The highest BCUT2D eigenvalue weighted by Gasteiger charge is 2.20. The van der Waals surface area contributed by atoms with E-state index < -0.39 is 22.3 Å². The lowest BCUT2D eigenvalue weighted by Gasteiger charge is -2.22. The lowest BCUT2D eigenvalue weighted by Crippen LogP contribution is -2.44. The number of nitrogens with one attached hydrogen (secondary N) is 2. The van der Waals surface area contributed by atoms with Crippen LogP contribution >= 0.6 is 0 Å². The second kappa shape index (κ2) is 8.27. The number of carbonyl (C=O) groups is 2. The van der Waals surface area contributed by atoms with E-state index in [-0.39, 0.29) is 11.4 Å². The highest BCUT2D eigenvalue weighted by molar-refractivity contribution is 6.05. The molecule has 140 valence electrons. The Morgan fingerprint density at radius 3 is 2.30 bits per heavy atom. The molecule has 2 rings (SSSR count). The Labute approximate surface area is 157 Å². The van der Waals surface area contributed by atoms with E-state index in [4.69, 9.17) is 0 Å². The lowest BCUT2D eigenvalue weighted by molar-refractivity contribution is -0.384. The molecule has 0 aliphatic rings. The smallest absolute Gasteiger partial charge is 0.270 e. The third-order valence-electron chi connectivity index (χ3n) is 3.41. The van der Waals surface area contributed by atoms with Crippen molar-refractivity contribution in [1.29, 1.82) is 0 Å². The molecule has 0 aliphatic heterocycles. The molecule has 2 aromatic rings. The predicted octanol–water partition coefficient (Wildman–Crippen LogP) is 3.28. The van der Waals surface area contributed by atoms with Crippen LogP contribution in [0.1, 0.15) is 36.7 Å². The summed E-state index contributed by atoms with van der Waals surface area (Å²) >= 11 is 0. The van der Waals surface area contributed by atoms with Crippen LogP contribution in [0.3, 0.4) is 0 Å². The van der Waals surface area contributed by atoms with Gasteiger partial charge in [-0.25, -0.2) is 0 Å². The van der Waals surface area contributed by atoms with Crippen molar-refractivity contribution in [1.82, 2.24) is 10.6 Å². The monoisotopic (exact) mass is 367 g/mol. The zero-order valence-corrected chi connectivity index (χ0v) is 15.4. The molecule has 0 fully saturated rings. The molecule has 2 aromatic carbocycles. The van der Waals surface area contributed by atoms with Gasteiger partial charge in [0.2, 0.25) is 0 Å². The second-order valence-electron chi connectivity index (χ2n) is 6.93. The summed E-state index contributed by atoms with van der Waals surface area (Å²) in [6, 6.07) is 14.3. The second-order valence-corrected chi connectivity index (χ2v) is 6.93. The van der Waals surface area contributed by atoms with E-state index in [9.17, 15) is 19.7 Å². The van der Waals surface area contributed by atoms with Crippen LogP contribution in [0.2, 0.25) is 0 Å². The quantitative estimate of drug-likeness (QED) is 0.481. The summed E-state index contributed by atoms with van der Waals surface area (Å²) in [6.07, 6.45) is 1.41. The van der Waals surface area contributed by atoms with Gasteiger partial charge in [-0.15, -0.1) is 0 Å². The van der Waals surface area contributed by atoms with Crippen LogP contribution in [0, 0.1) is 10.1 Å². The fourth-order valence-corrected chi connectivity index (χ4v) is 2.25. The van der Waals surface area contributed by atoms with Crippen LogP contribution < -0.4 is 10.6 Å². The first-order valence-electron chi connectivity index (χ1n) is 8.31. The summed E-state index contributed by atoms with van der Waals surface area (Å²) < 4.78 is 0. The third kappa shape index (κ3) is 6.07. The van der Waals surface area contributed by atoms with Gasteiger partial charge in [0.1, 0.15) is 5.70 Å². The maximum atomic E-state index is 12.6. The molecule has 0 radical (unpaired) electrons. The van der Waals surface area contributed by atoms with Gasteiger partial charge in [-0.3, -0.25) is 19.7 Å². The lowest BCUT2D eigenvalue weighted by atomic mass is 10.1. The van der Waals surface area contributed by atoms with E-state index in [0.29, 0.717) is 11.1 Å². The van der Waals surface area contributed by atoms with Gasteiger partial charge in [0.05, 0.1) is 4.92 Å². The van der Waals surface area contributed by atoms with Gasteiger partial charge in [0, 0.05) is 23.2 Å².